The van der Waals surface area contributed by atoms with Crippen molar-refractivity contribution in [2.24, 2.45) is 45.6 Å². The van der Waals surface area contributed by atoms with Crippen molar-refractivity contribution in [3.63, 3.8) is 0 Å². The van der Waals surface area contributed by atoms with Crippen LogP contribution in [0.15, 0.2) is 16.8 Å². The summed E-state index contributed by atoms with van der Waals surface area (Å²) in [5, 5.41) is 30.1. The summed E-state index contributed by atoms with van der Waals surface area (Å²) in [5.74, 6) is 1.62. The molecule has 8 atom stereocenters. The summed E-state index contributed by atoms with van der Waals surface area (Å²) in [6, 6.07) is -1.93. The Bertz CT molecular complexity index is 1190. The average molecular weight is 584 g/mol. The van der Waals surface area contributed by atoms with Crippen LogP contribution >= 0.6 is 0 Å². The lowest BCUT2D eigenvalue weighted by Gasteiger charge is -2.58. The van der Waals surface area contributed by atoms with Crippen molar-refractivity contribution >= 4 is 23.5 Å². The summed E-state index contributed by atoms with van der Waals surface area (Å²) in [5.41, 5.74) is 1.09. The van der Waals surface area contributed by atoms with Gasteiger partial charge >= 0.3 is 5.97 Å². The summed E-state index contributed by atoms with van der Waals surface area (Å²) >= 11 is 0. The summed E-state index contributed by atoms with van der Waals surface area (Å²) in [6.45, 7) is 11.3. The van der Waals surface area contributed by atoms with Gasteiger partial charge in [-0.15, -0.1) is 6.42 Å². The predicted molar refractivity (Wildman–Crippen MR) is 160 cm³/mol. The Kier molecular flexibility index (Phi) is 9.18. The lowest BCUT2D eigenvalue weighted by Crippen LogP contribution is -2.55. The Labute approximate surface area is 250 Å². The normalized spacial score (nSPS) is 36.1. The molecule has 232 valence electrons. The molecule has 0 bridgehead atoms. The molecule has 3 saturated carbocycles. The highest BCUT2D eigenvalue weighted by atomic mass is 16.6. The van der Waals surface area contributed by atoms with E-state index in [4.69, 9.17) is 11.3 Å². The first-order chi connectivity index (χ1) is 19.7. The fourth-order valence-corrected chi connectivity index (χ4v) is 8.58. The Morgan fingerprint density at radius 2 is 1.69 bits per heavy atom. The van der Waals surface area contributed by atoms with Crippen LogP contribution in [0, 0.1) is 52.8 Å². The van der Waals surface area contributed by atoms with Gasteiger partial charge in [-0.05, 0) is 92.4 Å². The number of nitrogens with zero attached hydrogens (tertiary/aromatic N) is 1. The predicted octanol–water partition coefficient (Wildman–Crippen LogP) is 4.05. The number of carboxylic acids is 1. The van der Waals surface area contributed by atoms with Gasteiger partial charge in [0.05, 0.1) is 5.71 Å². The number of fused-ring (bicyclic) bond motifs is 5. The van der Waals surface area contributed by atoms with Crippen molar-refractivity contribution in [1.29, 1.82) is 0 Å². The van der Waals surface area contributed by atoms with Crippen LogP contribution in [0.5, 0.6) is 0 Å². The van der Waals surface area contributed by atoms with E-state index in [1.165, 1.54) is 5.57 Å². The number of oxime groups is 1. The number of amides is 2. The lowest BCUT2D eigenvalue weighted by atomic mass is 9.46. The Morgan fingerprint density at radius 1 is 1.02 bits per heavy atom. The van der Waals surface area contributed by atoms with E-state index < -0.39 is 35.5 Å². The molecule has 0 aliphatic heterocycles. The van der Waals surface area contributed by atoms with Crippen LogP contribution in [0.2, 0.25) is 0 Å². The first kappa shape index (κ1) is 32.1. The van der Waals surface area contributed by atoms with E-state index in [0.717, 1.165) is 50.7 Å². The standard InChI is InChI=1S/C33H49N3O6/c1-8-33(41)16-13-25-23-10-9-21-17-22(11-14-31(21,6)24(23)12-15-32(25,33)7)36-42-18-26(37)34-27(19(2)3)29(38)35-28(20(4)5)30(39)40/h1,17,19-20,23-25,27-28,41H,9-16,18H2,2-7H3,(H,34,37)(H,35,38)(H,39,40)/b36-22+/t23-,24+,25+,27-,28+,31+,32+,33-/m1/s1. The second-order valence-electron chi connectivity index (χ2n) is 14.2. The van der Waals surface area contributed by atoms with Crippen LogP contribution in [-0.4, -0.2) is 58.0 Å². The van der Waals surface area contributed by atoms with Gasteiger partial charge in [0.25, 0.3) is 5.91 Å². The maximum atomic E-state index is 12.8. The molecular weight excluding hydrogens is 534 g/mol. The van der Waals surface area contributed by atoms with Gasteiger partial charge in [-0.25, -0.2) is 4.79 Å². The number of rotatable bonds is 9. The molecule has 0 aromatic heterocycles. The molecule has 0 aromatic carbocycles. The fourth-order valence-electron chi connectivity index (χ4n) is 8.58. The average Bonchev–Trinajstić information content (AvgIpc) is 3.20. The van der Waals surface area contributed by atoms with Crippen LogP contribution < -0.4 is 10.6 Å². The van der Waals surface area contributed by atoms with Gasteiger partial charge in [-0.1, -0.05) is 58.2 Å². The van der Waals surface area contributed by atoms with Crippen LogP contribution in [0.4, 0.5) is 0 Å². The number of carbonyl (C=O) groups excluding carboxylic acids is 2. The molecule has 9 nitrogen and oxygen atoms in total. The quantitative estimate of drug-likeness (QED) is 0.239. The number of carboxylic acid groups (broad SMARTS) is 1. The summed E-state index contributed by atoms with van der Waals surface area (Å²) in [4.78, 5) is 42.3. The maximum absolute atomic E-state index is 12.8. The Hall–Kier alpha value is -2.86. The zero-order valence-electron chi connectivity index (χ0n) is 26.0. The zero-order valence-corrected chi connectivity index (χ0v) is 26.0. The number of carbonyl (C=O) groups is 3. The largest absolute Gasteiger partial charge is 0.480 e. The molecule has 0 aromatic rings. The van der Waals surface area contributed by atoms with E-state index in [1.807, 2.05) is 0 Å². The molecule has 0 heterocycles. The third kappa shape index (κ3) is 5.71. The molecule has 0 spiro atoms. The van der Waals surface area contributed by atoms with Gasteiger partial charge in [0.2, 0.25) is 5.91 Å². The van der Waals surface area contributed by atoms with Crippen molar-refractivity contribution in [3.05, 3.63) is 11.6 Å². The molecule has 9 heteroatoms. The molecule has 4 aliphatic carbocycles. The lowest BCUT2D eigenvalue weighted by molar-refractivity contribution is -0.143. The molecule has 4 aliphatic rings. The van der Waals surface area contributed by atoms with Gasteiger partial charge in [0.15, 0.2) is 6.61 Å². The second kappa shape index (κ2) is 12.0. The van der Waals surface area contributed by atoms with Gasteiger partial charge in [-0.2, -0.15) is 0 Å². The minimum Gasteiger partial charge on any atom is -0.480 e. The van der Waals surface area contributed by atoms with E-state index >= 15 is 0 Å². The van der Waals surface area contributed by atoms with E-state index in [0.29, 0.717) is 24.2 Å². The van der Waals surface area contributed by atoms with Crippen molar-refractivity contribution in [2.75, 3.05) is 6.61 Å². The van der Waals surface area contributed by atoms with E-state index in [1.54, 1.807) is 27.7 Å². The zero-order chi connectivity index (χ0) is 31.0. The van der Waals surface area contributed by atoms with Crippen molar-refractivity contribution in [2.45, 2.75) is 111 Å². The number of hydrogen-bond acceptors (Lipinski definition) is 6. The van der Waals surface area contributed by atoms with Crippen molar-refractivity contribution in [1.82, 2.24) is 10.6 Å². The van der Waals surface area contributed by atoms with Crippen molar-refractivity contribution < 1.29 is 29.4 Å². The second-order valence-corrected chi connectivity index (χ2v) is 14.2. The highest BCUT2D eigenvalue weighted by Crippen LogP contribution is 2.67. The Balaban J connectivity index is 1.36. The molecular formula is C33H49N3O6. The monoisotopic (exact) mass is 583 g/mol. The highest BCUT2D eigenvalue weighted by molar-refractivity contribution is 5.96. The first-order valence-corrected chi connectivity index (χ1v) is 15.6. The minimum absolute atomic E-state index is 0.0825. The topological polar surface area (TPSA) is 137 Å². The van der Waals surface area contributed by atoms with Crippen molar-refractivity contribution in [3.8, 4) is 12.3 Å². The number of allylic oxidation sites excluding steroid dienone is 2. The molecule has 42 heavy (non-hydrogen) atoms. The summed E-state index contributed by atoms with van der Waals surface area (Å²) < 4.78 is 0. The van der Waals surface area contributed by atoms with Gasteiger partial charge in [0, 0.05) is 5.41 Å². The van der Waals surface area contributed by atoms with E-state index in [9.17, 15) is 24.6 Å². The smallest absolute Gasteiger partial charge is 0.326 e. The maximum Gasteiger partial charge on any atom is 0.326 e. The van der Waals surface area contributed by atoms with Gasteiger partial charge < -0.3 is 25.7 Å². The molecule has 3 fully saturated rings. The number of nitrogens with one attached hydrogen (secondary N) is 2. The molecule has 4 N–H and O–H groups in total. The first-order valence-electron chi connectivity index (χ1n) is 15.6. The molecule has 0 saturated heterocycles. The summed E-state index contributed by atoms with van der Waals surface area (Å²) in [7, 11) is 0. The van der Waals surface area contributed by atoms with Crippen LogP contribution in [0.3, 0.4) is 0 Å². The fraction of sp³-hybridized carbons (Fsp3) is 0.758. The summed E-state index contributed by atoms with van der Waals surface area (Å²) in [6.07, 6.45) is 15.5. The molecule has 4 rings (SSSR count). The molecule has 0 radical (unpaired) electrons. The van der Waals surface area contributed by atoms with Gasteiger partial charge in [-0.3, -0.25) is 9.59 Å². The highest BCUT2D eigenvalue weighted by Gasteiger charge is 2.63. The van der Waals surface area contributed by atoms with Gasteiger partial charge in [0.1, 0.15) is 17.7 Å². The van der Waals surface area contributed by atoms with E-state index in [-0.39, 0.29) is 29.3 Å². The minimum atomic E-state index is -1.12. The van der Waals surface area contributed by atoms with E-state index in [2.05, 4.69) is 41.6 Å². The molecule has 0 unspecified atom stereocenters. The van der Waals surface area contributed by atoms with Crippen LogP contribution in [-0.2, 0) is 19.2 Å². The number of aliphatic carboxylic acids is 1. The number of hydrogen-bond donors (Lipinski definition) is 4. The SMILES string of the molecule is C#C[C@@]1(O)CC[C@H]2[C@@H]3CCC4=C/C(=N/OCC(=O)N[C@@H](C(=O)N[C@H](C(=O)O)C(C)C)C(C)C)CC[C@]4(C)[C@H]3CC[C@@]21C. The molecule has 2 amide bonds. The van der Waals surface area contributed by atoms with Crippen LogP contribution in [0.1, 0.15) is 92.9 Å². The van der Waals surface area contributed by atoms with Crippen LogP contribution in [0.25, 0.3) is 0 Å². The third-order valence-electron chi connectivity index (χ3n) is 11.2. The number of terminal acetylenes is 1. The number of aliphatic hydroxyl groups is 1. The third-order valence-corrected chi connectivity index (χ3v) is 11.2. The Morgan fingerprint density at radius 3 is 2.31 bits per heavy atom.